The van der Waals surface area contributed by atoms with Crippen molar-refractivity contribution in [3.8, 4) is 0 Å². The van der Waals surface area contributed by atoms with E-state index in [0.717, 1.165) is 32.5 Å². The number of carbonyl (C=O) groups is 2. The molecule has 0 spiro atoms. The van der Waals surface area contributed by atoms with Crippen molar-refractivity contribution in [2.24, 2.45) is 0 Å². The molecular formula is C13H23NO4. The third kappa shape index (κ3) is 5.49. The molecule has 1 saturated heterocycles. The van der Waals surface area contributed by atoms with Gasteiger partial charge in [-0.25, -0.2) is 0 Å². The highest BCUT2D eigenvalue weighted by atomic mass is 16.5. The Kier molecular flexibility index (Phi) is 6.72. The molecular weight excluding hydrogens is 234 g/mol. The summed E-state index contributed by atoms with van der Waals surface area (Å²) in [5.74, 6) is -0.643. The number of hydrogen-bond acceptors (Lipinski definition) is 3. The van der Waals surface area contributed by atoms with E-state index in [0.29, 0.717) is 25.4 Å². The zero-order valence-corrected chi connectivity index (χ0v) is 11.1. The van der Waals surface area contributed by atoms with Crippen LogP contribution >= 0.6 is 0 Å². The number of hydrogen-bond donors (Lipinski definition) is 1. The molecule has 1 heterocycles. The highest BCUT2D eigenvalue weighted by Crippen LogP contribution is 2.15. The molecule has 0 aromatic heterocycles. The van der Waals surface area contributed by atoms with Crippen molar-refractivity contribution in [3.05, 3.63) is 0 Å². The van der Waals surface area contributed by atoms with E-state index in [9.17, 15) is 9.59 Å². The third-order valence-electron chi connectivity index (χ3n) is 3.23. The number of carbonyl (C=O) groups excluding carboxylic acids is 1. The Labute approximate surface area is 108 Å². The van der Waals surface area contributed by atoms with E-state index in [4.69, 9.17) is 9.84 Å². The lowest BCUT2D eigenvalue weighted by Crippen LogP contribution is -2.40. The normalized spacial score (nSPS) is 16.8. The van der Waals surface area contributed by atoms with Crippen molar-refractivity contribution in [3.63, 3.8) is 0 Å². The summed E-state index contributed by atoms with van der Waals surface area (Å²) >= 11 is 0. The Hall–Kier alpha value is -1.10. The molecule has 1 amide bonds. The molecule has 1 aliphatic rings. The standard InChI is InChI=1S/C13H23NO4/c1-2-18-11-7-9-14(10-8-11)12(15)5-3-4-6-13(16)17/h11H,2-10H2,1H3,(H,16,17). The van der Waals surface area contributed by atoms with Gasteiger partial charge >= 0.3 is 5.97 Å². The number of piperidine rings is 1. The minimum Gasteiger partial charge on any atom is -0.481 e. The third-order valence-corrected chi connectivity index (χ3v) is 3.23. The monoisotopic (exact) mass is 257 g/mol. The van der Waals surface area contributed by atoms with Crippen LogP contribution in [0.5, 0.6) is 0 Å². The maximum Gasteiger partial charge on any atom is 0.303 e. The average Bonchev–Trinajstić information content (AvgIpc) is 2.35. The molecule has 104 valence electrons. The number of amides is 1. The molecule has 0 atom stereocenters. The molecule has 18 heavy (non-hydrogen) atoms. The number of unbranched alkanes of at least 4 members (excludes halogenated alkanes) is 1. The van der Waals surface area contributed by atoms with Crippen LogP contribution in [-0.2, 0) is 14.3 Å². The van der Waals surface area contributed by atoms with E-state index >= 15 is 0 Å². The van der Waals surface area contributed by atoms with E-state index in [2.05, 4.69) is 0 Å². The number of aliphatic carboxylic acids is 1. The molecule has 0 aliphatic carbocycles. The van der Waals surface area contributed by atoms with Gasteiger partial charge in [-0.05, 0) is 32.6 Å². The van der Waals surface area contributed by atoms with Crippen LogP contribution in [0.1, 0.15) is 45.4 Å². The highest BCUT2D eigenvalue weighted by Gasteiger charge is 2.22. The summed E-state index contributed by atoms with van der Waals surface area (Å²) in [6, 6.07) is 0. The molecule has 1 rings (SSSR count). The predicted molar refractivity (Wildman–Crippen MR) is 67.3 cm³/mol. The molecule has 0 aromatic rings. The Bertz CT molecular complexity index is 272. The molecule has 5 nitrogen and oxygen atoms in total. The summed E-state index contributed by atoms with van der Waals surface area (Å²) in [5.41, 5.74) is 0. The Balaban J connectivity index is 2.14. The van der Waals surface area contributed by atoms with Crippen molar-refractivity contribution in [2.75, 3.05) is 19.7 Å². The predicted octanol–water partition coefficient (Wildman–Crippen LogP) is 1.66. The Morgan fingerprint density at radius 2 is 1.83 bits per heavy atom. The first-order valence-corrected chi connectivity index (χ1v) is 6.74. The van der Waals surface area contributed by atoms with Gasteiger partial charge in [0.25, 0.3) is 0 Å². The second-order valence-electron chi connectivity index (χ2n) is 4.64. The van der Waals surface area contributed by atoms with E-state index in [1.165, 1.54) is 0 Å². The summed E-state index contributed by atoms with van der Waals surface area (Å²) in [7, 11) is 0. The number of carboxylic acid groups (broad SMARTS) is 1. The van der Waals surface area contributed by atoms with Crippen LogP contribution in [0.25, 0.3) is 0 Å². The van der Waals surface area contributed by atoms with Gasteiger partial charge in [0, 0.05) is 32.5 Å². The van der Waals surface area contributed by atoms with Gasteiger partial charge < -0.3 is 14.7 Å². The van der Waals surface area contributed by atoms with E-state index in [-0.39, 0.29) is 12.3 Å². The van der Waals surface area contributed by atoms with Crippen molar-refractivity contribution in [1.82, 2.24) is 4.90 Å². The molecule has 0 aromatic carbocycles. The second-order valence-corrected chi connectivity index (χ2v) is 4.64. The molecule has 0 unspecified atom stereocenters. The lowest BCUT2D eigenvalue weighted by atomic mass is 10.1. The SMILES string of the molecule is CCOC1CCN(C(=O)CCCCC(=O)O)CC1. The highest BCUT2D eigenvalue weighted by molar-refractivity contribution is 5.76. The van der Waals surface area contributed by atoms with Crippen molar-refractivity contribution in [2.45, 2.75) is 51.6 Å². The Morgan fingerprint density at radius 3 is 2.39 bits per heavy atom. The zero-order valence-electron chi connectivity index (χ0n) is 11.1. The van der Waals surface area contributed by atoms with Gasteiger partial charge in [-0.15, -0.1) is 0 Å². The van der Waals surface area contributed by atoms with Crippen molar-refractivity contribution >= 4 is 11.9 Å². The first-order chi connectivity index (χ1) is 8.63. The van der Waals surface area contributed by atoms with Gasteiger partial charge in [0.15, 0.2) is 0 Å². The number of nitrogens with zero attached hydrogens (tertiary/aromatic N) is 1. The molecule has 1 fully saturated rings. The van der Waals surface area contributed by atoms with Gasteiger partial charge in [0.1, 0.15) is 0 Å². The number of rotatable bonds is 7. The first kappa shape index (κ1) is 15.0. The molecule has 1 aliphatic heterocycles. The van der Waals surface area contributed by atoms with Gasteiger partial charge in [-0.3, -0.25) is 9.59 Å². The van der Waals surface area contributed by atoms with Crippen LogP contribution in [0.2, 0.25) is 0 Å². The largest absolute Gasteiger partial charge is 0.481 e. The molecule has 0 saturated carbocycles. The quantitative estimate of drug-likeness (QED) is 0.704. The van der Waals surface area contributed by atoms with Gasteiger partial charge in [-0.2, -0.15) is 0 Å². The summed E-state index contributed by atoms with van der Waals surface area (Å²) in [6.45, 7) is 4.25. The summed E-state index contributed by atoms with van der Waals surface area (Å²) in [5, 5.41) is 8.50. The fourth-order valence-corrected chi connectivity index (χ4v) is 2.22. The maximum absolute atomic E-state index is 11.8. The first-order valence-electron chi connectivity index (χ1n) is 6.74. The fraction of sp³-hybridized carbons (Fsp3) is 0.846. The summed E-state index contributed by atoms with van der Waals surface area (Å²) in [6.07, 6.45) is 3.98. The maximum atomic E-state index is 11.8. The fourth-order valence-electron chi connectivity index (χ4n) is 2.22. The van der Waals surface area contributed by atoms with E-state index < -0.39 is 5.97 Å². The molecule has 0 bridgehead atoms. The minimum absolute atomic E-state index is 0.148. The lowest BCUT2D eigenvalue weighted by molar-refractivity contribution is -0.138. The smallest absolute Gasteiger partial charge is 0.303 e. The summed E-state index contributed by atoms with van der Waals surface area (Å²) in [4.78, 5) is 24.1. The lowest BCUT2D eigenvalue weighted by Gasteiger charge is -2.31. The average molecular weight is 257 g/mol. The van der Waals surface area contributed by atoms with Crippen molar-refractivity contribution in [1.29, 1.82) is 0 Å². The van der Waals surface area contributed by atoms with Crippen LogP contribution in [0, 0.1) is 0 Å². The van der Waals surface area contributed by atoms with Crippen LogP contribution in [0.15, 0.2) is 0 Å². The van der Waals surface area contributed by atoms with Crippen LogP contribution in [-0.4, -0.2) is 47.7 Å². The van der Waals surface area contributed by atoms with Gasteiger partial charge in [0.2, 0.25) is 5.91 Å². The number of likely N-dealkylation sites (tertiary alicyclic amines) is 1. The summed E-state index contributed by atoms with van der Waals surface area (Å²) < 4.78 is 5.53. The van der Waals surface area contributed by atoms with E-state index in [1.807, 2.05) is 11.8 Å². The second kappa shape index (κ2) is 8.08. The minimum atomic E-state index is -0.792. The molecule has 1 N–H and O–H groups in total. The topological polar surface area (TPSA) is 66.8 Å². The zero-order chi connectivity index (χ0) is 13.4. The Morgan fingerprint density at radius 1 is 1.22 bits per heavy atom. The van der Waals surface area contributed by atoms with Crippen LogP contribution in [0.3, 0.4) is 0 Å². The van der Waals surface area contributed by atoms with Crippen molar-refractivity contribution < 1.29 is 19.4 Å². The number of ether oxygens (including phenoxy) is 1. The molecule has 0 radical (unpaired) electrons. The van der Waals surface area contributed by atoms with Gasteiger partial charge in [0.05, 0.1) is 6.10 Å². The van der Waals surface area contributed by atoms with E-state index in [1.54, 1.807) is 0 Å². The number of carboxylic acids is 1. The van der Waals surface area contributed by atoms with Gasteiger partial charge in [-0.1, -0.05) is 0 Å². The van der Waals surface area contributed by atoms with Crippen LogP contribution < -0.4 is 0 Å². The van der Waals surface area contributed by atoms with Crippen LogP contribution in [0.4, 0.5) is 0 Å². The molecule has 5 heteroatoms.